The molecule has 3 aromatic heterocycles. The van der Waals surface area contributed by atoms with Crippen LogP contribution in [0.25, 0.3) is 17.2 Å². The minimum atomic E-state index is -4.06. The van der Waals surface area contributed by atoms with Crippen LogP contribution in [0.5, 0.6) is 11.5 Å². The van der Waals surface area contributed by atoms with Crippen LogP contribution in [-0.2, 0) is 17.1 Å². The number of aromatic nitrogens is 7. The Morgan fingerprint density at radius 3 is 2.22 bits per heavy atom. The first-order chi connectivity index (χ1) is 17.2. The van der Waals surface area contributed by atoms with Crippen molar-refractivity contribution in [2.75, 3.05) is 18.9 Å². The summed E-state index contributed by atoms with van der Waals surface area (Å²) in [7, 11) is 0.661. The molecule has 0 unspecified atom stereocenters. The van der Waals surface area contributed by atoms with Gasteiger partial charge in [0.05, 0.1) is 31.9 Å². The third-order valence-corrected chi connectivity index (χ3v) is 7.56. The van der Waals surface area contributed by atoms with Gasteiger partial charge in [-0.2, -0.15) is 5.10 Å². The van der Waals surface area contributed by atoms with Gasteiger partial charge in [-0.3, -0.25) is 14.0 Å². The first-order valence-electron chi connectivity index (χ1n) is 10.8. The molecule has 0 fully saturated rings. The lowest BCUT2D eigenvalue weighted by Gasteiger charge is -2.21. The van der Waals surface area contributed by atoms with Gasteiger partial charge in [0.1, 0.15) is 28.7 Å². The monoisotopic (exact) mass is 516 g/mol. The van der Waals surface area contributed by atoms with E-state index in [1.54, 1.807) is 49.1 Å². The van der Waals surface area contributed by atoms with Crippen molar-refractivity contribution in [1.29, 1.82) is 0 Å². The Morgan fingerprint density at radius 1 is 1.03 bits per heavy atom. The van der Waals surface area contributed by atoms with Crippen LogP contribution in [0.1, 0.15) is 25.6 Å². The minimum Gasteiger partial charge on any atom is -0.494 e. The average Bonchev–Trinajstić information content (AvgIpc) is 3.48. The summed E-state index contributed by atoms with van der Waals surface area (Å²) in [6, 6.07) is 6.86. The van der Waals surface area contributed by atoms with Crippen LogP contribution in [0.15, 0.2) is 42.9 Å². The quantitative estimate of drug-likeness (QED) is 0.355. The highest BCUT2D eigenvalue weighted by molar-refractivity contribution is 7.93. The van der Waals surface area contributed by atoms with E-state index < -0.39 is 27.0 Å². The molecule has 0 saturated carbocycles. The average molecular weight is 517 g/mol. The predicted molar refractivity (Wildman–Crippen MR) is 129 cm³/mol. The van der Waals surface area contributed by atoms with Gasteiger partial charge in [-0.05, 0) is 25.1 Å². The Kier molecular flexibility index (Phi) is 6.88. The number of aryl methyl sites for hydroxylation is 1. The topological polar surface area (TPSA) is 139 Å². The highest BCUT2D eigenvalue weighted by Gasteiger charge is 2.32. The second-order valence-electron chi connectivity index (χ2n) is 7.97. The summed E-state index contributed by atoms with van der Waals surface area (Å²) in [4.78, 5) is 7.84. The first kappa shape index (κ1) is 25.0. The van der Waals surface area contributed by atoms with E-state index in [4.69, 9.17) is 9.47 Å². The minimum absolute atomic E-state index is 0.0995. The van der Waals surface area contributed by atoms with E-state index in [0.717, 1.165) is 12.4 Å². The molecule has 0 aliphatic rings. The van der Waals surface area contributed by atoms with Gasteiger partial charge in [-0.1, -0.05) is 13.0 Å². The summed E-state index contributed by atoms with van der Waals surface area (Å²) in [6.45, 7) is 3.15. The molecule has 4 rings (SSSR count). The van der Waals surface area contributed by atoms with Crippen LogP contribution < -0.4 is 14.2 Å². The summed E-state index contributed by atoms with van der Waals surface area (Å²) in [5.74, 6) is -0.121. The fraction of sp³-hybridized carbons (Fsp3) is 0.318. The molecule has 0 saturated heterocycles. The zero-order valence-electron chi connectivity index (χ0n) is 20.2. The number of hydrogen-bond acceptors (Lipinski definition) is 9. The Labute approximate surface area is 207 Å². The Hall–Kier alpha value is -4.07. The van der Waals surface area contributed by atoms with Crippen LogP contribution in [0.4, 0.5) is 10.3 Å². The van der Waals surface area contributed by atoms with Gasteiger partial charge in [0, 0.05) is 19.2 Å². The molecule has 2 atom stereocenters. The molecule has 3 heterocycles. The van der Waals surface area contributed by atoms with Crippen LogP contribution in [0.3, 0.4) is 0 Å². The zero-order valence-corrected chi connectivity index (χ0v) is 21.1. The molecule has 0 radical (unpaired) electrons. The maximum atomic E-state index is 13.4. The van der Waals surface area contributed by atoms with Gasteiger partial charge in [0.25, 0.3) is 0 Å². The molecule has 0 amide bonds. The standard InChI is InChI=1S/C22H25FN8O4S/c1-13(20-24-11-15(23)12-25-20)14(2)36(32,33)29-22-27-26-21(16-9-10-30(3)28-16)31(22)19-17(34-4)7-6-8-18(19)35-5/h6-14H,1-5H3,(H,27,29)/t13-,14-/m0/s1. The molecule has 0 aliphatic heterocycles. The van der Waals surface area contributed by atoms with E-state index in [9.17, 15) is 12.8 Å². The Bertz CT molecular complexity index is 1450. The van der Waals surface area contributed by atoms with Gasteiger partial charge in [-0.25, -0.2) is 22.8 Å². The fourth-order valence-electron chi connectivity index (χ4n) is 3.57. The first-order valence-corrected chi connectivity index (χ1v) is 12.4. The summed E-state index contributed by atoms with van der Waals surface area (Å²) in [6.07, 6.45) is 3.72. The molecule has 36 heavy (non-hydrogen) atoms. The lowest BCUT2D eigenvalue weighted by Crippen LogP contribution is -2.31. The van der Waals surface area contributed by atoms with E-state index in [0.29, 0.717) is 22.9 Å². The molecule has 12 nitrogen and oxygen atoms in total. The van der Waals surface area contributed by atoms with Crippen molar-refractivity contribution in [1.82, 2.24) is 34.5 Å². The highest BCUT2D eigenvalue weighted by atomic mass is 32.2. The highest BCUT2D eigenvalue weighted by Crippen LogP contribution is 2.37. The number of rotatable bonds is 9. The number of anilines is 1. The van der Waals surface area contributed by atoms with Crippen molar-refractivity contribution in [3.8, 4) is 28.7 Å². The number of nitrogens with zero attached hydrogens (tertiary/aromatic N) is 7. The molecule has 190 valence electrons. The van der Waals surface area contributed by atoms with Crippen molar-refractivity contribution in [2.24, 2.45) is 7.05 Å². The van der Waals surface area contributed by atoms with Gasteiger partial charge in [0.15, 0.2) is 11.6 Å². The van der Waals surface area contributed by atoms with E-state index in [2.05, 4.69) is 30.0 Å². The second kappa shape index (κ2) is 9.89. The van der Waals surface area contributed by atoms with E-state index in [1.165, 1.54) is 25.7 Å². The van der Waals surface area contributed by atoms with Crippen molar-refractivity contribution in [3.05, 3.63) is 54.5 Å². The molecule has 0 aliphatic carbocycles. The smallest absolute Gasteiger partial charge is 0.243 e. The summed E-state index contributed by atoms with van der Waals surface area (Å²) < 4.78 is 56.8. The molecule has 1 N–H and O–H groups in total. The number of halogens is 1. The van der Waals surface area contributed by atoms with Crippen molar-refractivity contribution < 1.29 is 22.3 Å². The maximum Gasteiger partial charge on any atom is 0.243 e. The van der Waals surface area contributed by atoms with E-state index >= 15 is 0 Å². The molecule has 0 bridgehead atoms. The number of hydrogen-bond donors (Lipinski definition) is 1. The van der Waals surface area contributed by atoms with Crippen LogP contribution in [0, 0.1) is 5.82 Å². The van der Waals surface area contributed by atoms with Crippen molar-refractivity contribution in [3.63, 3.8) is 0 Å². The number of para-hydroxylation sites is 1. The predicted octanol–water partition coefficient (Wildman–Crippen LogP) is 2.55. The fourth-order valence-corrected chi connectivity index (χ4v) is 4.80. The lowest BCUT2D eigenvalue weighted by atomic mass is 10.1. The van der Waals surface area contributed by atoms with E-state index in [1.807, 2.05) is 0 Å². The largest absolute Gasteiger partial charge is 0.494 e. The Balaban J connectivity index is 1.81. The number of nitrogens with one attached hydrogen (secondary N) is 1. The van der Waals surface area contributed by atoms with Crippen LogP contribution in [-0.4, -0.2) is 62.4 Å². The third kappa shape index (κ3) is 4.71. The van der Waals surface area contributed by atoms with Gasteiger partial charge < -0.3 is 9.47 Å². The third-order valence-electron chi connectivity index (χ3n) is 5.71. The van der Waals surface area contributed by atoms with Gasteiger partial charge in [0.2, 0.25) is 16.0 Å². The molecule has 14 heteroatoms. The zero-order chi connectivity index (χ0) is 26.0. The van der Waals surface area contributed by atoms with Crippen LogP contribution in [0.2, 0.25) is 0 Å². The summed E-state index contributed by atoms with van der Waals surface area (Å²) in [5, 5.41) is 11.7. The number of methoxy groups -OCH3 is 2. The number of sulfonamides is 1. The summed E-state index contributed by atoms with van der Waals surface area (Å²) in [5.41, 5.74) is 0.831. The van der Waals surface area contributed by atoms with Gasteiger partial charge in [-0.15, -0.1) is 10.2 Å². The molecule has 1 aromatic carbocycles. The molecular formula is C22H25FN8O4S. The van der Waals surface area contributed by atoms with Crippen molar-refractivity contribution in [2.45, 2.75) is 25.0 Å². The second-order valence-corrected chi connectivity index (χ2v) is 10.0. The Morgan fingerprint density at radius 2 is 1.67 bits per heavy atom. The molecule has 0 spiro atoms. The normalized spacial score (nSPS) is 13.3. The molecule has 4 aromatic rings. The lowest BCUT2D eigenvalue weighted by molar-refractivity contribution is 0.391. The summed E-state index contributed by atoms with van der Waals surface area (Å²) >= 11 is 0. The maximum absolute atomic E-state index is 13.4. The number of benzene rings is 1. The molecular weight excluding hydrogens is 491 g/mol. The SMILES string of the molecule is COc1cccc(OC)c1-n1c(NS(=O)(=O)[C@@H](C)[C@H](C)c2ncc(F)cn2)nnc1-c1ccn(C)n1. The van der Waals surface area contributed by atoms with Gasteiger partial charge >= 0.3 is 0 Å². The van der Waals surface area contributed by atoms with Crippen LogP contribution >= 0.6 is 0 Å². The van der Waals surface area contributed by atoms with Crippen molar-refractivity contribution >= 4 is 16.0 Å². The van der Waals surface area contributed by atoms with E-state index in [-0.39, 0.29) is 17.6 Å². The number of ether oxygens (including phenoxy) is 2.